The van der Waals surface area contributed by atoms with Crippen LogP contribution in [0.2, 0.25) is 0 Å². The third kappa shape index (κ3) is 5.75. The molecule has 0 aromatic heterocycles. The molecule has 0 saturated carbocycles. The summed E-state index contributed by atoms with van der Waals surface area (Å²) in [5.41, 5.74) is 7.03. The van der Waals surface area contributed by atoms with Gasteiger partial charge in [0.15, 0.2) is 0 Å². The fourth-order valence-corrected chi connectivity index (χ4v) is 4.06. The fraction of sp³-hybridized carbons (Fsp3) is 0.526. The molecule has 2 rings (SSSR count). The van der Waals surface area contributed by atoms with Crippen LogP contribution in [-0.4, -0.2) is 54.1 Å². The van der Waals surface area contributed by atoms with E-state index < -0.39 is 6.67 Å². The van der Waals surface area contributed by atoms with Crippen molar-refractivity contribution < 1.29 is 18.3 Å². The van der Waals surface area contributed by atoms with Crippen LogP contribution >= 0.6 is 11.8 Å². The lowest BCUT2D eigenvalue weighted by atomic mass is 9.97. The third-order valence-corrected chi connectivity index (χ3v) is 5.40. The van der Waals surface area contributed by atoms with Crippen LogP contribution in [0.4, 0.5) is 8.78 Å². The highest BCUT2D eigenvalue weighted by Crippen LogP contribution is 2.35. The van der Waals surface area contributed by atoms with Crippen molar-refractivity contribution in [3.63, 3.8) is 0 Å². The zero-order valence-corrected chi connectivity index (χ0v) is 17.1. The molecule has 1 unspecified atom stereocenters. The molecule has 1 aliphatic rings. The summed E-state index contributed by atoms with van der Waals surface area (Å²) in [6.07, 6.45) is 1.20. The zero-order valence-electron chi connectivity index (χ0n) is 16.3. The standard InChI is InChI=1S/C19H26F2N4O2S/c1-12(2)14-7-6-13(21)9-15(14)19-24-25(17(26)11-27-3)18(28-19)5-4-8-23-16(22)10-20/h6-7,9,12,18H,4-5,8,10-11H2,1-3H3,(H2,22,23). The van der Waals surface area contributed by atoms with Crippen LogP contribution in [0.15, 0.2) is 28.3 Å². The van der Waals surface area contributed by atoms with E-state index in [0.717, 1.165) is 5.56 Å². The molecule has 9 heteroatoms. The Morgan fingerprint density at radius 1 is 1.46 bits per heavy atom. The Bertz CT molecular complexity index is 755. The summed E-state index contributed by atoms with van der Waals surface area (Å²) in [6, 6.07) is 4.63. The van der Waals surface area contributed by atoms with Crippen LogP contribution in [0.25, 0.3) is 0 Å². The number of hydrogen-bond donors (Lipinski definition) is 1. The molecule has 0 aliphatic carbocycles. The van der Waals surface area contributed by atoms with Gasteiger partial charge < -0.3 is 10.5 Å². The predicted molar refractivity (Wildman–Crippen MR) is 109 cm³/mol. The Labute approximate surface area is 168 Å². The Hall–Kier alpha value is -2.00. The van der Waals surface area contributed by atoms with Gasteiger partial charge in [-0.1, -0.05) is 31.7 Å². The number of nitrogens with zero attached hydrogens (tertiary/aromatic N) is 3. The van der Waals surface area contributed by atoms with Crippen molar-refractivity contribution in [3.05, 3.63) is 35.1 Å². The minimum absolute atomic E-state index is 0.0373. The molecule has 1 aliphatic heterocycles. The molecule has 1 aromatic carbocycles. The highest BCUT2D eigenvalue weighted by Gasteiger charge is 2.33. The average molecular weight is 413 g/mol. The van der Waals surface area contributed by atoms with Crippen molar-refractivity contribution >= 4 is 28.5 Å². The molecule has 0 bridgehead atoms. The summed E-state index contributed by atoms with van der Waals surface area (Å²) in [6.45, 7) is 3.54. The molecule has 1 heterocycles. The van der Waals surface area contributed by atoms with Crippen LogP contribution in [0.5, 0.6) is 0 Å². The molecule has 28 heavy (non-hydrogen) atoms. The summed E-state index contributed by atoms with van der Waals surface area (Å²) in [7, 11) is 1.44. The smallest absolute Gasteiger partial charge is 0.269 e. The van der Waals surface area contributed by atoms with Gasteiger partial charge in [-0.05, 0) is 36.5 Å². The lowest BCUT2D eigenvalue weighted by molar-refractivity contribution is -0.135. The molecule has 0 fully saturated rings. The SMILES string of the molecule is COCC(=O)N1N=C(c2cc(F)ccc2C(C)C)SC1CCCN=C(N)CF. The Morgan fingerprint density at radius 3 is 2.86 bits per heavy atom. The van der Waals surface area contributed by atoms with Crippen LogP contribution in [0.1, 0.15) is 43.7 Å². The monoisotopic (exact) mass is 412 g/mol. The molecule has 1 amide bonds. The minimum atomic E-state index is -0.776. The first-order valence-corrected chi connectivity index (χ1v) is 9.96. The second kappa shape index (κ2) is 10.5. The lowest BCUT2D eigenvalue weighted by Crippen LogP contribution is -2.33. The number of methoxy groups -OCH3 is 1. The van der Waals surface area contributed by atoms with Crippen LogP contribution in [0.3, 0.4) is 0 Å². The molecule has 1 aromatic rings. The van der Waals surface area contributed by atoms with Crippen LogP contribution in [-0.2, 0) is 9.53 Å². The number of ether oxygens (including phenoxy) is 1. The quantitative estimate of drug-likeness (QED) is 0.384. The summed E-state index contributed by atoms with van der Waals surface area (Å²) in [4.78, 5) is 16.3. The lowest BCUT2D eigenvalue weighted by Gasteiger charge is -2.20. The molecular formula is C19H26F2N4O2S. The maximum atomic E-state index is 13.9. The number of halogens is 2. The molecule has 0 spiro atoms. The van der Waals surface area contributed by atoms with Gasteiger partial charge in [0.1, 0.15) is 35.4 Å². The number of hydrazone groups is 1. The second-order valence-electron chi connectivity index (χ2n) is 6.68. The number of amides is 1. The van der Waals surface area contributed by atoms with Crippen molar-refractivity contribution in [3.8, 4) is 0 Å². The number of rotatable bonds is 9. The van der Waals surface area contributed by atoms with E-state index >= 15 is 0 Å². The van der Waals surface area contributed by atoms with Gasteiger partial charge in [0.05, 0.1) is 0 Å². The van der Waals surface area contributed by atoms with E-state index in [1.807, 2.05) is 13.8 Å². The van der Waals surface area contributed by atoms with E-state index in [1.165, 1.54) is 36.0 Å². The number of benzene rings is 1. The Morgan fingerprint density at radius 2 is 2.21 bits per heavy atom. The highest BCUT2D eigenvalue weighted by atomic mass is 32.2. The molecule has 0 saturated heterocycles. The summed E-state index contributed by atoms with van der Waals surface area (Å²) in [5.74, 6) is -0.481. The Balaban J connectivity index is 2.22. The van der Waals surface area contributed by atoms with Crippen LogP contribution < -0.4 is 5.73 Å². The number of alkyl halides is 1. The van der Waals surface area contributed by atoms with Gasteiger partial charge in [-0.3, -0.25) is 9.79 Å². The van der Waals surface area contributed by atoms with Crippen molar-refractivity contribution in [2.24, 2.45) is 15.8 Å². The fourth-order valence-electron chi connectivity index (χ4n) is 2.82. The maximum Gasteiger partial charge on any atom is 0.269 e. The molecule has 154 valence electrons. The first-order chi connectivity index (χ1) is 13.4. The van der Waals surface area contributed by atoms with E-state index in [1.54, 1.807) is 6.07 Å². The van der Waals surface area contributed by atoms with Crippen molar-refractivity contribution in [1.82, 2.24) is 5.01 Å². The number of carbonyl (C=O) groups excluding carboxylic acids is 1. The predicted octanol–water partition coefficient (Wildman–Crippen LogP) is 3.27. The van der Waals surface area contributed by atoms with Crippen molar-refractivity contribution in [2.75, 3.05) is 26.9 Å². The van der Waals surface area contributed by atoms with Crippen molar-refractivity contribution in [1.29, 1.82) is 0 Å². The number of aliphatic imine (C=N–C) groups is 1. The summed E-state index contributed by atoms with van der Waals surface area (Å²) < 4.78 is 31.2. The number of amidine groups is 1. The first-order valence-electron chi connectivity index (χ1n) is 9.08. The zero-order chi connectivity index (χ0) is 20.7. The van der Waals surface area contributed by atoms with E-state index in [0.29, 0.717) is 30.0 Å². The topological polar surface area (TPSA) is 80.3 Å². The summed E-state index contributed by atoms with van der Waals surface area (Å²) >= 11 is 1.41. The highest BCUT2D eigenvalue weighted by molar-refractivity contribution is 8.15. The van der Waals surface area contributed by atoms with Gasteiger partial charge in [0, 0.05) is 19.2 Å². The third-order valence-electron chi connectivity index (χ3n) is 4.17. The normalized spacial score (nSPS) is 17.4. The van der Waals surface area contributed by atoms with E-state index in [9.17, 15) is 13.6 Å². The van der Waals surface area contributed by atoms with Gasteiger partial charge in [-0.2, -0.15) is 5.10 Å². The van der Waals surface area contributed by atoms with E-state index in [-0.39, 0.29) is 35.5 Å². The molecule has 6 nitrogen and oxygen atoms in total. The van der Waals surface area contributed by atoms with Crippen LogP contribution in [0, 0.1) is 5.82 Å². The number of hydrogen-bond acceptors (Lipinski definition) is 5. The molecule has 0 radical (unpaired) electrons. The van der Waals surface area contributed by atoms with Gasteiger partial charge in [0.2, 0.25) is 0 Å². The first kappa shape index (κ1) is 22.3. The maximum absolute atomic E-state index is 13.9. The van der Waals surface area contributed by atoms with E-state index in [4.69, 9.17) is 10.5 Å². The number of thioether (sulfide) groups is 1. The number of carbonyl (C=O) groups is 1. The van der Waals surface area contributed by atoms with Gasteiger partial charge in [-0.15, -0.1) is 0 Å². The molecule has 2 N–H and O–H groups in total. The molecular weight excluding hydrogens is 386 g/mol. The van der Waals surface area contributed by atoms with Gasteiger partial charge in [-0.25, -0.2) is 13.8 Å². The molecule has 1 atom stereocenters. The largest absolute Gasteiger partial charge is 0.385 e. The average Bonchev–Trinajstić information content (AvgIpc) is 3.09. The van der Waals surface area contributed by atoms with Crippen molar-refractivity contribution in [2.45, 2.75) is 38.0 Å². The minimum Gasteiger partial charge on any atom is -0.385 e. The Kier molecular flexibility index (Phi) is 8.37. The number of nitrogens with two attached hydrogens (primary N) is 1. The second-order valence-corrected chi connectivity index (χ2v) is 7.85. The van der Waals surface area contributed by atoms with Gasteiger partial charge >= 0.3 is 0 Å². The summed E-state index contributed by atoms with van der Waals surface area (Å²) in [5, 5.41) is 6.20. The van der Waals surface area contributed by atoms with E-state index in [2.05, 4.69) is 10.1 Å². The van der Waals surface area contributed by atoms with Gasteiger partial charge in [0.25, 0.3) is 5.91 Å².